The minimum atomic E-state index is -0.607. The number of aliphatic hydroxyl groups excluding tert-OH is 1. The van der Waals surface area contributed by atoms with Crippen LogP contribution in [0.3, 0.4) is 0 Å². The van der Waals surface area contributed by atoms with E-state index in [1.54, 1.807) is 6.92 Å². The van der Waals surface area contributed by atoms with Gasteiger partial charge in [-0.1, -0.05) is 30.3 Å². The summed E-state index contributed by atoms with van der Waals surface area (Å²) >= 11 is 0. The number of benzene rings is 1. The van der Waals surface area contributed by atoms with Gasteiger partial charge >= 0.3 is 0 Å². The molecule has 0 fully saturated rings. The van der Waals surface area contributed by atoms with Crippen molar-refractivity contribution in [2.75, 3.05) is 6.54 Å². The van der Waals surface area contributed by atoms with Gasteiger partial charge in [-0.15, -0.1) is 0 Å². The van der Waals surface area contributed by atoms with Crippen LogP contribution in [-0.4, -0.2) is 29.7 Å². The molecule has 1 rings (SSSR count). The molecule has 94 valence electrons. The van der Waals surface area contributed by atoms with Crippen molar-refractivity contribution >= 4 is 5.91 Å². The fraction of sp³-hybridized carbons (Fsp3) is 0.462. The molecule has 1 aromatic carbocycles. The molecule has 4 nitrogen and oxygen atoms in total. The summed E-state index contributed by atoms with van der Waals surface area (Å²) in [4.78, 5) is 11.5. The van der Waals surface area contributed by atoms with Crippen molar-refractivity contribution in [3.8, 4) is 0 Å². The molecule has 0 spiro atoms. The van der Waals surface area contributed by atoms with Gasteiger partial charge < -0.3 is 16.2 Å². The average molecular weight is 236 g/mol. The Morgan fingerprint density at radius 2 is 2.06 bits per heavy atom. The molecule has 0 aliphatic rings. The highest BCUT2D eigenvalue weighted by Crippen LogP contribution is 2.02. The minimum absolute atomic E-state index is 0.0371. The van der Waals surface area contributed by atoms with Crippen molar-refractivity contribution in [1.29, 1.82) is 0 Å². The number of nitrogens with one attached hydrogen (secondary N) is 1. The zero-order valence-electron chi connectivity index (χ0n) is 10.1. The molecule has 17 heavy (non-hydrogen) atoms. The van der Waals surface area contributed by atoms with Crippen LogP contribution in [0, 0.1) is 0 Å². The molecule has 1 amide bonds. The summed E-state index contributed by atoms with van der Waals surface area (Å²) in [6, 6.07) is 9.44. The summed E-state index contributed by atoms with van der Waals surface area (Å²) in [5, 5.41) is 11.9. The molecule has 0 aromatic heterocycles. The van der Waals surface area contributed by atoms with Crippen LogP contribution in [0.5, 0.6) is 0 Å². The van der Waals surface area contributed by atoms with Crippen LogP contribution in [0.1, 0.15) is 18.9 Å². The summed E-state index contributed by atoms with van der Waals surface area (Å²) in [6.45, 7) is 1.92. The lowest BCUT2D eigenvalue weighted by Crippen LogP contribution is -2.43. The largest absolute Gasteiger partial charge is 0.392 e. The van der Waals surface area contributed by atoms with Crippen molar-refractivity contribution in [1.82, 2.24) is 5.32 Å². The van der Waals surface area contributed by atoms with Crippen LogP contribution in [-0.2, 0) is 11.2 Å². The van der Waals surface area contributed by atoms with Gasteiger partial charge in [-0.05, 0) is 18.9 Å². The lowest BCUT2D eigenvalue weighted by molar-refractivity contribution is -0.121. The van der Waals surface area contributed by atoms with Crippen LogP contribution in [0.15, 0.2) is 30.3 Å². The van der Waals surface area contributed by atoms with E-state index < -0.39 is 12.1 Å². The first-order chi connectivity index (χ1) is 8.09. The fourth-order valence-corrected chi connectivity index (χ4v) is 1.39. The first kappa shape index (κ1) is 13.7. The predicted octanol–water partition coefficient (Wildman–Crippen LogP) is 0.444. The standard InChI is InChI=1S/C13H20N2O2/c1-10(16)12(14)9-15-13(17)8-7-11-5-3-2-4-6-11/h2-6,10,12,16H,7-9,14H2,1H3,(H,15,17). The van der Waals surface area contributed by atoms with Gasteiger partial charge in [-0.25, -0.2) is 0 Å². The third-order valence-corrected chi connectivity index (χ3v) is 2.64. The van der Waals surface area contributed by atoms with Gasteiger partial charge in [0.05, 0.1) is 6.10 Å². The van der Waals surface area contributed by atoms with Crippen LogP contribution in [0.25, 0.3) is 0 Å². The lowest BCUT2D eigenvalue weighted by Gasteiger charge is -2.15. The first-order valence-corrected chi connectivity index (χ1v) is 5.84. The van der Waals surface area contributed by atoms with Crippen molar-refractivity contribution in [3.05, 3.63) is 35.9 Å². The Bertz CT molecular complexity index is 339. The fourth-order valence-electron chi connectivity index (χ4n) is 1.39. The van der Waals surface area contributed by atoms with E-state index in [2.05, 4.69) is 5.32 Å². The molecule has 4 heteroatoms. The number of carbonyl (C=O) groups excluding carboxylic acids is 1. The number of carbonyl (C=O) groups is 1. The Morgan fingerprint density at radius 3 is 2.65 bits per heavy atom. The molecular weight excluding hydrogens is 216 g/mol. The maximum absolute atomic E-state index is 11.5. The Kier molecular flexibility index (Phi) is 5.66. The number of hydrogen-bond acceptors (Lipinski definition) is 3. The Hall–Kier alpha value is -1.39. The van der Waals surface area contributed by atoms with Crippen molar-refractivity contribution in [3.63, 3.8) is 0 Å². The van der Waals surface area contributed by atoms with Crippen LogP contribution < -0.4 is 11.1 Å². The zero-order chi connectivity index (χ0) is 12.7. The minimum Gasteiger partial charge on any atom is -0.392 e. The number of aryl methyl sites for hydroxylation is 1. The quantitative estimate of drug-likeness (QED) is 0.671. The smallest absolute Gasteiger partial charge is 0.220 e. The third-order valence-electron chi connectivity index (χ3n) is 2.64. The van der Waals surface area contributed by atoms with E-state index in [0.29, 0.717) is 13.0 Å². The number of hydrogen-bond donors (Lipinski definition) is 3. The van der Waals surface area contributed by atoms with E-state index in [-0.39, 0.29) is 5.91 Å². The molecule has 0 bridgehead atoms. The maximum atomic E-state index is 11.5. The van der Waals surface area contributed by atoms with Crippen molar-refractivity contribution in [2.45, 2.75) is 31.9 Å². The van der Waals surface area contributed by atoms with Crippen LogP contribution >= 0.6 is 0 Å². The molecule has 0 aliphatic heterocycles. The van der Waals surface area contributed by atoms with Gasteiger partial charge in [0.25, 0.3) is 0 Å². The van der Waals surface area contributed by atoms with Crippen molar-refractivity contribution in [2.24, 2.45) is 5.73 Å². The second kappa shape index (κ2) is 7.04. The van der Waals surface area contributed by atoms with Gasteiger partial charge in [0, 0.05) is 19.0 Å². The van der Waals surface area contributed by atoms with E-state index in [1.807, 2.05) is 30.3 Å². The molecule has 0 saturated heterocycles. The van der Waals surface area contributed by atoms with E-state index in [0.717, 1.165) is 12.0 Å². The molecule has 0 saturated carbocycles. The number of nitrogens with two attached hydrogens (primary N) is 1. The lowest BCUT2D eigenvalue weighted by atomic mass is 10.1. The molecular formula is C13H20N2O2. The first-order valence-electron chi connectivity index (χ1n) is 5.84. The normalized spacial score (nSPS) is 14.1. The van der Waals surface area contributed by atoms with E-state index >= 15 is 0 Å². The van der Waals surface area contributed by atoms with Gasteiger partial charge in [-0.2, -0.15) is 0 Å². The predicted molar refractivity (Wildman–Crippen MR) is 67.4 cm³/mol. The van der Waals surface area contributed by atoms with Crippen molar-refractivity contribution < 1.29 is 9.90 Å². The topological polar surface area (TPSA) is 75.3 Å². The Labute approximate surface area is 102 Å². The monoisotopic (exact) mass is 236 g/mol. The van der Waals surface area contributed by atoms with E-state index in [9.17, 15) is 4.79 Å². The summed E-state index contributed by atoms with van der Waals surface area (Å²) in [5.74, 6) is -0.0371. The molecule has 0 radical (unpaired) electrons. The molecule has 1 aromatic rings. The second-order valence-corrected chi connectivity index (χ2v) is 4.19. The summed E-state index contributed by atoms with van der Waals surface area (Å²) < 4.78 is 0. The van der Waals surface area contributed by atoms with Crippen LogP contribution in [0.4, 0.5) is 0 Å². The molecule has 2 unspecified atom stereocenters. The van der Waals surface area contributed by atoms with Crippen LogP contribution in [0.2, 0.25) is 0 Å². The van der Waals surface area contributed by atoms with Gasteiger partial charge in [0.15, 0.2) is 0 Å². The molecule has 2 atom stereocenters. The van der Waals surface area contributed by atoms with E-state index in [1.165, 1.54) is 0 Å². The maximum Gasteiger partial charge on any atom is 0.220 e. The molecule has 0 aliphatic carbocycles. The van der Waals surface area contributed by atoms with Gasteiger partial charge in [-0.3, -0.25) is 4.79 Å². The Morgan fingerprint density at radius 1 is 1.41 bits per heavy atom. The highest BCUT2D eigenvalue weighted by atomic mass is 16.3. The SMILES string of the molecule is CC(O)C(N)CNC(=O)CCc1ccccc1. The molecule has 4 N–H and O–H groups in total. The highest BCUT2D eigenvalue weighted by Gasteiger charge is 2.10. The van der Waals surface area contributed by atoms with Gasteiger partial charge in [0.2, 0.25) is 5.91 Å². The Balaban J connectivity index is 2.22. The van der Waals surface area contributed by atoms with E-state index in [4.69, 9.17) is 10.8 Å². The summed E-state index contributed by atoms with van der Waals surface area (Å²) in [7, 11) is 0. The number of aliphatic hydroxyl groups is 1. The highest BCUT2D eigenvalue weighted by molar-refractivity contribution is 5.76. The number of rotatable bonds is 6. The summed E-state index contributed by atoms with van der Waals surface area (Å²) in [6.07, 6.45) is 0.553. The molecule has 0 heterocycles. The summed E-state index contributed by atoms with van der Waals surface area (Å²) in [5.41, 5.74) is 6.75. The average Bonchev–Trinajstić information content (AvgIpc) is 2.34. The second-order valence-electron chi connectivity index (χ2n) is 4.19. The number of amides is 1. The van der Waals surface area contributed by atoms with Gasteiger partial charge in [0.1, 0.15) is 0 Å². The third kappa shape index (κ3) is 5.47. The zero-order valence-corrected chi connectivity index (χ0v) is 10.1.